The standard InChI is InChI=1S/C15H16F3N3O3/c1-8-5-4-6-9-7-10(20-21(8)9)11(22)19-12(15(16,17)18)14(2,3)13(23)24/h4-7,12H,1-3H3,(H,19,22)(H,23,24)/t12-/m1/s1. The van der Waals surface area contributed by atoms with E-state index in [0.717, 1.165) is 13.8 Å². The highest BCUT2D eigenvalue weighted by atomic mass is 19.4. The summed E-state index contributed by atoms with van der Waals surface area (Å²) in [6.45, 7) is 3.54. The molecule has 2 rings (SSSR count). The summed E-state index contributed by atoms with van der Waals surface area (Å²) >= 11 is 0. The zero-order chi connectivity index (χ0) is 18.3. The van der Waals surface area contributed by atoms with Gasteiger partial charge in [0, 0.05) is 5.69 Å². The van der Waals surface area contributed by atoms with Gasteiger partial charge in [-0.1, -0.05) is 6.07 Å². The average molecular weight is 343 g/mol. The van der Waals surface area contributed by atoms with Gasteiger partial charge in [0.15, 0.2) is 5.69 Å². The predicted molar refractivity (Wildman–Crippen MR) is 78.7 cm³/mol. The summed E-state index contributed by atoms with van der Waals surface area (Å²) in [6.07, 6.45) is -4.92. The minimum Gasteiger partial charge on any atom is -0.481 e. The molecule has 0 aliphatic heterocycles. The number of carbonyl (C=O) groups is 2. The maximum Gasteiger partial charge on any atom is 0.409 e. The number of aryl methyl sites for hydroxylation is 1. The smallest absolute Gasteiger partial charge is 0.409 e. The van der Waals surface area contributed by atoms with Gasteiger partial charge < -0.3 is 10.4 Å². The van der Waals surface area contributed by atoms with E-state index >= 15 is 0 Å². The van der Waals surface area contributed by atoms with Crippen LogP contribution in [0.4, 0.5) is 13.2 Å². The number of hydrogen-bond donors (Lipinski definition) is 2. The van der Waals surface area contributed by atoms with Crippen LogP contribution in [0.1, 0.15) is 30.0 Å². The number of nitrogens with zero attached hydrogens (tertiary/aromatic N) is 2. The molecule has 0 spiro atoms. The van der Waals surface area contributed by atoms with Crippen molar-refractivity contribution in [3.8, 4) is 0 Å². The Bertz CT molecular complexity index is 796. The van der Waals surface area contributed by atoms with Crippen LogP contribution in [0.25, 0.3) is 5.52 Å². The number of carboxylic acids is 1. The van der Waals surface area contributed by atoms with Gasteiger partial charge in [0.25, 0.3) is 5.91 Å². The number of alkyl halides is 3. The quantitative estimate of drug-likeness (QED) is 0.893. The minimum atomic E-state index is -4.92. The maximum atomic E-state index is 13.2. The van der Waals surface area contributed by atoms with Gasteiger partial charge in [-0.25, -0.2) is 4.52 Å². The number of pyridine rings is 1. The molecule has 6 nitrogen and oxygen atoms in total. The van der Waals surface area contributed by atoms with E-state index in [-0.39, 0.29) is 5.69 Å². The number of aromatic nitrogens is 2. The monoisotopic (exact) mass is 343 g/mol. The lowest BCUT2D eigenvalue weighted by Gasteiger charge is -2.32. The third kappa shape index (κ3) is 3.19. The first kappa shape index (κ1) is 17.8. The second kappa shape index (κ2) is 5.81. The summed E-state index contributed by atoms with van der Waals surface area (Å²) in [4.78, 5) is 23.3. The molecular formula is C15H16F3N3O3. The van der Waals surface area contributed by atoms with Gasteiger partial charge in [0.2, 0.25) is 0 Å². The molecule has 2 heterocycles. The Morgan fingerprint density at radius 3 is 2.42 bits per heavy atom. The van der Waals surface area contributed by atoms with E-state index in [2.05, 4.69) is 5.10 Å². The van der Waals surface area contributed by atoms with Gasteiger partial charge in [-0.2, -0.15) is 18.3 Å². The number of amides is 1. The minimum absolute atomic E-state index is 0.222. The zero-order valence-electron chi connectivity index (χ0n) is 13.2. The van der Waals surface area contributed by atoms with Crippen LogP contribution >= 0.6 is 0 Å². The summed E-state index contributed by atoms with van der Waals surface area (Å²) < 4.78 is 41.1. The summed E-state index contributed by atoms with van der Waals surface area (Å²) in [5.41, 5.74) is -1.21. The largest absolute Gasteiger partial charge is 0.481 e. The summed E-state index contributed by atoms with van der Waals surface area (Å²) in [5, 5.41) is 14.8. The van der Waals surface area contributed by atoms with Crippen molar-refractivity contribution in [1.82, 2.24) is 14.9 Å². The van der Waals surface area contributed by atoms with Gasteiger partial charge >= 0.3 is 12.1 Å². The molecule has 2 N–H and O–H groups in total. The van der Waals surface area contributed by atoms with E-state index in [1.165, 1.54) is 10.6 Å². The molecule has 0 unspecified atom stereocenters. The number of rotatable bonds is 4. The number of carboxylic acid groups (broad SMARTS) is 1. The lowest BCUT2D eigenvalue weighted by molar-refractivity contribution is -0.189. The number of hydrogen-bond acceptors (Lipinski definition) is 3. The van der Waals surface area contributed by atoms with Crippen LogP contribution in [-0.4, -0.2) is 38.8 Å². The molecule has 0 saturated carbocycles. The third-order valence-electron chi connectivity index (χ3n) is 3.78. The van der Waals surface area contributed by atoms with E-state index in [0.29, 0.717) is 11.2 Å². The molecule has 0 bridgehead atoms. The van der Waals surface area contributed by atoms with Crippen LogP contribution in [0.3, 0.4) is 0 Å². The van der Waals surface area contributed by atoms with E-state index in [1.807, 2.05) is 0 Å². The van der Waals surface area contributed by atoms with Crippen molar-refractivity contribution in [3.05, 3.63) is 35.7 Å². The number of carbonyl (C=O) groups excluding carboxylic acids is 1. The van der Waals surface area contributed by atoms with Crippen LogP contribution in [0.2, 0.25) is 0 Å². The van der Waals surface area contributed by atoms with Gasteiger partial charge in [0.05, 0.1) is 10.9 Å². The third-order valence-corrected chi connectivity index (χ3v) is 3.78. The van der Waals surface area contributed by atoms with Crippen LogP contribution in [-0.2, 0) is 4.79 Å². The summed E-state index contributed by atoms with van der Waals surface area (Å²) in [5.74, 6) is -2.76. The van der Waals surface area contributed by atoms with Crippen molar-refractivity contribution < 1.29 is 27.9 Å². The first-order valence-corrected chi connectivity index (χ1v) is 7.01. The number of aliphatic carboxylic acids is 1. The predicted octanol–water partition coefficient (Wildman–Crippen LogP) is 2.41. The first-order valence-electron chi connectivity index (χ1n) is 7.01. The molecule has 2 aromatic heterocycles. The van der Waals surface area contributed by atoms with Crippen molar-refractivity contribution in [2.24, 2.45) is 5.41 Å². The van der Waals surface area contributed by atoms with Crippen LogP contribution in [0.5, 0.6) is 0 Å². The van der Waals surface area contributed by atoms with E-state index in [4.69, 9.17) is 5.11 Å². The number of fused-ring (bicyclic) bond motifs is 1. The Balaban J connectivity index is 2.36. The van der Waals surface area contributed by atoms with Crippen molar-refractivity contribution >= 4 is 17.4 Å². The topological polar surface area (TPSA) is 83.7 Å². The van der Waals surface area contributed by atoms with Gasteiger partial charge in [-0.3, -0.25) is 9.59 Å². The lowest BCUT2D eigenvalue weighted by atomic mass is 9.84. The van der Waals surface area contributed by atoms with Gasteiger partial charge in [-0.15, -0.1) is 0 Å². The first-order chi connectivity index (χ1) is 10.9. The normalized spacial score (nSPS) is 13.8. The van der Waals surface area contributed by atoms with Crippen LogP contribution < -0.4 is 5.32 Å². The zero-order valence-corrected chi connectivity index (χ0v) is 13.2. The van der Waals surface area contributed by atoms with Crippen molar-refractivity contribution in [3.63, 3.8) is 0 Å². The average Bonchev–Trinajstić information content (AvgIpc) is 2.88. The SMILES string of the molecule is Cc1cccc2cc(C(=O)N[C@@H](C(F)(F)F)C(C)(C)C(=O)O)nn12. The maximum absolute atomic E-state index is 13.2. The molecular weight excluding hydrogens is 327 g/mol. The molecule has 2 aromatic rings. The fourth-order valence-corrected chi connectivity index (χ4v) is 2.26. The second-order valence-corrected chi connectivity index (χ2v) is 6.01. The molecule has 130 valence electrons. The van der Waals surface area contributed by atoms with E-state index in [1.54, 1.807) is 30.4 Å². The lowest BCUT2D eigenvalue weighted by Crippen LogP contribution is -2.57. The fraction of sp³-hybridized carbons (Fsp3) is 0.400. The molecule has 0 aromatic carbocycles. The number of nitrogens with one attached hydrogen (secondary N) is 1. The number of halogens is 3. The molecule has 0 aliphatic carbocycles. The highest BCUT2D eigenvalue weighted by molar-refractivity contribution is 5.94. The molecule has 0 saturated heterocycles. The van der Waals surface area contributed by atoms with Crippen molar-refractivity contribution in [2.45, 2.75) is 33.0 Å². The van der Waals surface area contributed by atoms with Crippen molar-refractivity contribution in [2.75, 3.05) is 0 Å². The van der Waals surface area contributed by atoms with Crippen LogP contribution in [0.15, 0.2) is 24.3 Å². The molecule has 0 radical (unpaired) electrons. The Morgan fingerprint density at radius 2 is 1.92 bits per heavy atom. The summed E-state index contributed by atoms with van der Waals surface area (Å²) in [7, 11) is 0. The molecule has 1 amide bonds. The van der Waals surface area contributed by atoms with Gasteiger partial charge in [-0.05, 0) is 39.0 Å². The van der Waals surface area contributed by atoms with E-state index < -0.39 is 29.5 Å². The Morgan fingerprint density at radius 1 is 1.29 bits per heavy atom. The second-order valence-electron chi connectivity index (χ2n) is 6.01. The highest BCUT2D eigenvalue weighted by Crippen LogP contribution is 2.34. The Kier molecular flexibility index (Phi) is 4.30. The molecule has 24 heavy (non-hydrogen) atoms. The Labute approximate surface area is 135 Å². The highest BCUT2D eigenvalue weighted by Gasteiger charge is 2.53. The molecule has 9 heteroatoms. The van der Waals surface area contributed by atoms with E-state index in [9.17, 15) is 22.8 Å². The summed E-state index contributed by atoms with van der Waals surface area (Å²) in [6, 6.07) is 3.89. The molecule has 1 atom stereocenters. The van der Waals surface area contributed by atoms with Crippen molar-refractivity contribution in [1.29, 1.82) is 0 Å². The Hall–Kier alpha value is -2.58. The molecule has 0 fully saturated rings. The molecule has 0 aliphatic rings. The fourth-order valence-electron chi connectivity index (χ4n) is 2.26. The van der Waals surface area contributed by atoms with Crippen LogP contribution in [0, 0.1) is 12.3 Å². The van der Waals surface area contributed by atoms with Gasteiger partial charge in [0.1, 0.15) is 6.04 Å².